The van der Waals surface area contributed by atoms with Gasteiger partial charge < -0.3 is 10.8 Å². The Labute approximate surface area is 72.2 Å². The van der Waals surface area contributed by atoms with Gasteiger partial charge in [-0.3, -0.25) is 0 Å². The summed E-state index contributed by atoms with van der Waals surface area (Å²) in [5.41, 5.74) is 5.45. The zero-order chi connectivity index (χ0) is 9.19. The molecule has 66 valence electrons. The monoisotopic (exact) mass is 166 g/mol. The number of rotatable bonds is 2. The highest BCUT2D eigenvalue weighted by molar-refractivity contribution is 5.42. The summed E-state index contributed by atoms with van der Waals surface area (Å²) < 4.78 is 0. The summed E-state index contributed by atoms with van der Waals surface area (Å²) in [6.07, 6.45) is 2.24. The van der Waals surface area contributed by atoms with Crippen molar-refractivity contribution in [1.82, 2.24) is 4.98 Å². The summed E-state index contributed by atoms with van der Waals surface area (Å²) in [6.45, 7) is 3.65. The Kier molecular flexibility index (Phi) is 2.33. The second-order valence-electron chi connectivity index (χ2n) is 3.06. The van der Waals surface area contributed by atoms with Crippen LogP contribution in [0.15, 0.2) is 18.3 Å². The van der Waals surface area contributed by atoms with Gasteiger partial charge in [-0.15, -0.1) is 0 Å². The first-order valence-electron chi connectivity index (χ1n) is 4.01. The molecule has 0 fully saturated rings. The van der Waals surface area contributed by atoms with Gasteiger partial charge in [0.05, 0.1) is 5.60 Å². The fourth-order valence-corrected chi connectivity index (χ4v) is 1.06. The molecule has 0 aliphatic rings. The summed E-state index contributed by atoms with van der Waals surface area (Å²) in [5, 5.41) is 9.86. The lowest BCUT2D eigenvalue weighted by atomic mass is 9.94. The van der Waals surface area contributed by atoms with Crippen LogP contribution in [0.1, 0.15) is 25.8 Å². The number of nitrogen functional groups attached to an aromatic ring is 1. The lowest BCUT2D eigenvalue weighted by Crippen LogP contribution is -2.21. The molecule has 0 radical (unpaired) electrons. The number of hydrogen-bond acceptors (Lipinski definition) is 3. The van der Waals surface area contributed by atoms with E-state index in [1.54, 1.807) is 25.3 Å². The second-order valence-corrected chi connectivity index (χ2v) is 3.06. The van der Waals surface area contributed by atoms with Crippen molar-refractivity contribution in [2.45, 2.75) is 25.9 Å². The van der Waals surface area contributed by atoms with Crippen LogP contribution in [-0.2, 0) is 5.60 Å². The number of nitrogens with zero attached hydrogens (tertiary/aromatic N) is 1. The summed E-state index contributed by atoms with van der Waals surface area (Å²) in [6, 6.07) is 3.57. The van der Waals surface area contributed by atoms with E-state index in [0.717, 1.165) is 0 Å². The van der Waals surface area contributed by atoms with E-state index in [2.05, 4.69) is 4.98 Å². The highest BCUT2D eigenvalue weighted by Crippen LogP contribution is 2.26. The highest BCUT2D eigenvalue weighted by atomic mass is 16.3. The number of aromatic nitrogens is 1. The van der Waals surface area contributed by atoms with Gasteiger partial charge in [-0.05, 0) is 19.4 Å². The van der Waals surface area contributed by atoms with Crippen LogP contribution in [0.3, 0.4) is 0 Å². The Morgan fingerprint density at radius 2 is 2.33 bits per heavy atom. The first kappa shape index (κ1) is 9.00. The third-order valence-electron chi connectivity index (χ3n) is 2.11. The van der Waals surface area contributed by atoms with Gasteiger partial charge >= 0.3 is 0 Å². The normalized spacial score (nSPS) is 15.6. The van der Waals surface area contributed by atoms with Gasteiger partial charge in [0, 0.05) is 11.8 Å². The molecule has 0 saturated heterocycles. The predicted molar refractivity (Wildman–Crippen MR) is 48.5 cm³/mol. The lowest BCUT2D eigenvalue weighted by Gasteiger charge is -2.22. The largest absolute Gasteiger partial charge is 0.385 e. The molecular weight excluding hydrogens is 152 g/mol. The summed E-state index contributed by atoms with van der Waals surface area (Å²) in [4.78, 5) is 3.91. The SMILES string of the molecule is CCC(C)(O)c1cccnc1N. The zero-order valence-electron chi connectivity index (χ0n) is 7.41. The summed E-state index contributed by atoms with van der Waals surface area (Å²) in [7, 11) is 0. The van der Waals surface area contributed by atoms with Gasteiger partial charge in [-0.1, -0.05) is 13.0 Å². The predicted octanol–water partition coefficient (Wildman–Crippen LogP) is 1.28. The van der Waals surface area contributed by atoms with E-state index in [9.17, 15) is 5.11 Å². The van der Waals surface area contributed by atoms with Crippen LogP contribution in [0.2, 0.25) is 0 Å². The smallest absolute Gasteiger partial charge is 0.129 e. The average Bonchev–Trinajstić information content (AvgIpc) is 2.05. The van der Waals surface area contributed by atoms with Crippen molar-refractivity contribution in [3.05, 3.63) is 23.9 Å². The molecule has 0 aliphatic heterocycles. The van der Waals surface area contributed by atoms with Gasteiger partial charge in [0.25, 0.3) is 0 Å². The van der Waals surface area contributed by atoms with Crippen LogP contribution in [0, 0.1) is 0 Å². The van der Waals surface area contributed by atoms with E-state index >= 15 is 0 Å². The van der Waals surface area contributed by atoms with Gasteiger partial charge in [-0.25, -0.2) is 4.98 Å². The number of anilines is 1. The van der Waals surface area contributed by atoms with Crippen molar-refractivity contribution >= 4 is 5.82 Å². The Hall–Kier alpha value is -1.09. The van der Waals surface area contributed by atoms with E-state index in [1.165, 1.54) is 0 Å². The minimum Gasteiger partial charge on any atom is -0.385 e. The maximum atomic E-state index is 9.86. The minimum absolute atomic E-state index is 0.407. The number of pyridine rings is 1. The third kappa shape index (κ3) is 1.56. The van der Waals surface area contributed by atoms with Gasteiger partial charge in [0.1, 0.15) is 5.82 Å². The molecule has 0 spiro atoms. The van der Waals surface area contributed by atoms with Crippen LogP contribution in [-0.4, -0.2) is 10.1 Å². The lowest BCUT2D eigenvalue weighted by molar-refractivity contribution is 0.0536. The maximum Gasteiger partial charge on any atom is 0.129 e. The van der Waals surface area contributed by atoms with Gasteiger partial charge in [0.15, 0.2) is 0 Å². The van der Waals surface area contributed by atoms with Crippen LogP contribution in [0.25, 0.3) is 0 Å². The zero-order valence-corrected chi connectivity index (χ0v) is 7.41. The fraction of sp³-hybridized carbons (Fsp3) is 0.444. The Balaban J connectivity index is 3.10. The summed E-state index contributed by atoms with van der Waals surface area (Å²) in [5.74, 6) is 0.407. The fourth-order valence-electron chi connectivity index (χ4n) is 1.06. The molecule has 3 nitrogen and oxygen atoms in total. The molecule has 0 bridgehead atoms. The average molecular weight is 166 g/mol. The van der Waals surface area contributed by atoms with Crippen LogP contribution in [0.4, 0.5) is 5.82 Å². The first-order valence-corrected chi connectivity index (χ1v) is 4.01. The molecule has 3 heteroatoms. The molecular formula is C9H14N2O. The molecule has 1 rings (SSSR count). The molecule has 1 aromatic rings. The van der Waals surface area contributed by atoms with Crippen LogP contribution in [0.5, 0.6) is 0 Å². The quantitative estimate of drug-likeness (QED) is 0.695. The molecule has 0 aromatic carbocycles. The van der Waals surface area contributed by atoms with Crippen LogP contribution >= 0.6 is 0 Å². The minimum atomic E-state index is -0.863. The standard InChI is InChI=1S/C9H14N2O/c1-3-9(2,12)7-5-4-6-11-8(7)10/h4-6,12H,3H2,1-2H3,(H2,10,11). The van der Waals surface area contributed by atoms with E-state index in [-0.39, 0.29) is 0 Å². The second kappa shape index (κ2) is 3.11. The molecule has 1 atom stereocenters. The molecule has 1 heterocycles. The number of aliphatic hydroxyl groups is 1. The Morgan fingerprint density at radius 3 is 2.83 bits per heavy atom. The molecule has 0 aliphatic carbocycles. The van der Waals surface area contributed by atoms with E-state index in [0.29, 0.717) is 17.8 Å². The van der Waals surface area contributed by atoms with Crippen LogP contribution < -0.4 is 5.73 Å². The molecule has 12 heavy (non-hydrogen) atoms. The Morgan fingerprint density at radius 1 is 1.67 bits per heavy atom. The highest BCUT2D eigenvalue weighted by Gasteiger charge is 2.22. The topological polar surface area (TPSA) is 59.1 Å². The molecule has 0 saturated carbocycles. The molecule has 3 N–H and O–H groups in total. The van der Waals surface area contributed by atoms with Crippen molar-refractivity contribution in [3.8, 4) is 0 Å². The van der Waals surface area contributed by atoms with E-state index < -0.39 is 5.60 Å². The van der Waals surface area contributed by atoms with Crippen molar-refractivity contribution in [2.24, 2.45) is 0 Å². The van der Waals surface area contributed by atoms with E-state index in [1.807, 2.05) is 6.92 Å². The molecule has 1 unspecified atom stereocenters. The molecule has 0 amide bonds. The maximum absolute atomic E-state index is 9.86. The van der Waals surface area contributed by atoms with Crippen molar-refractivity contribution in [3.63, 3.8) is 0 Å². The van der Waals surface area contributed by atoms with Crippen molar-refractivity contribution in [2.75, 3.05) is 5.73 Å². The van der Waals surface area contributed by atoms with Gasteiger partial charge in [-0.2, -0.15) is 0 Å². The summed E-state index contributed by atoms with van der Waals surface area (Å²) >= 11 is 0. The van der Waals surface area contributed by atoms with Gasteiger partial charge in [0.2, 0.25) is 0 Å². The van der Waals surface area contributed by atoms with E-state index in [4.69, 9.17) is 5.73 Å². The van der Waals surface area contributed by atoms with Crippen molar-refractivity contribution in [1.29, 1.82) is 0 Å². The number of nitrogens with two attached hydrogens (primary N) is 1. The first-order chi connectivity index (χ1) is 5.58. The molecule has 1 aromatic heterocycles. The number of hydrogen-bond donors (Lipinski definition) is 2. The third-order valence-corrected chi connectivity index (χ3v) is 2.11. The Bertz CT molecular complexity index is 271. The van der Waals surface area contributed by atoms with Crippen molar-refractivity contribution < 1.29 is 5.11 Å².